The minimum absolute atomic E-state index is 0.413. The summed E-state index contributed by atoms with van der Waals surface area (Å²) in [6.07, 6.45) is 3.41. The smallest absolute Gasteiger partial charge is 0.217 e. The molecule has 1 heterocycles. The summed E-state index contributed by atoms with van der Waals surface area (Å²) in [6.45, 7) is 2.02. The summed E-state index contributed by atoms with van der Waals surface area (Å²) in [6, 6.07) is 10.0. The van der Waals surface area contributed by atoms with Crippen molar-refractivity contribution >= 4 is 0 Å². The maximum absolute atomic E-state index is 8.80. The Morgan fingerprint density at radius 3 is 3.00 bits per heavy atom. The van der Waals surface area contributed by atoms with Crippen LogP contribution in [0.15, 0.2) is 36.7 Å². The fraction of sp³-hybridized carbons (Fsp3) is 0.0909. The molecule has 14 heavy (non-hydrogen) atoms. The molecule has 1 aromatic carbocycles. The molecule has 0 saturated heterocycles. The van der Waals surface area contributed by atoms with Crippen molar-refractivity contribution in [1.82, 2.24) is 9.55 Å². The van der Waals surface area contributed by atoms with Crippen molar-refractivity contribution in [3.63, 3.8) is 0 Å². The number of benzene rings is 1. The van der Waals surface area contributed by atoms with Crippen LogP contribution in [0.1, 0.15) is 11.4 Å². The Hall–Kier alpha value is -2.08. The summed E-state index contributed by atoms with van der Waals surface area (Å²) in [5, 5.41) is 8.80. The second kappa shape index (κ2) is 3.35. The maximum Gasteiger partial charge on any atom is 0.217 e. The Kier molecular flexibility index (Phi) is 2.04. The first-order chi connectivity index (χ1) is 6.81. The lowest BCUT2D eigenvalue weighted by Gasteiger charge is -2.03. The number of imidazole rings is 1. The van der Waals surface area contributed by atoms with E-state index in [1.165, 1.54) is 5.56 Å². The molecule has 0 amide bonds. The third kappa shape index (κ3) is 1.38. The van der Waals surface area contributed by atoms with E-state index < -0.39 is 0 Å². The Labute approximate surface area is 82.2 Å². The Balaban J connectivity index is 2.56. The van der Waals surface area contributed by atoms with Crippen LogP contribution >= 0.6 is 0 Å². The molecule has 0 spiro atoms. The van der Waals surface area contributed by atoms with Gasteiger partial charge in [-0.15, -0.1) is 0 Å². The van der Waals surface area contributed by atoms with Crippen molar-refractivity contribution in [1.29, 1.82) is 5.26 Å². The molecular weight excluding hydrogens is 174 g/mol. The molecule has 0 aliphatic rings. The van der Waals surface area contributed by atoms with Crippen LogP contribution in [0.5, 0.6) is 0 Å². The monoisotopic (exact) mass is 183 g/mol. The van der Waals surface area contributed by atoms with E-state index in [1.54, 1.807) is 17.0 Å². The third-order valence-corrected chi connectivity index (χ3v) is 2.02. The highest BCUT2D eigenvalue weighted by Gasteiger charge is 2.02. The van der Waals surface area contributed by atoms with Crippen molar-refractivity contribution in [3.8, 4) is 11.8 Å². The average molecular weight is 183 g/mol. The molecule has 1 aromatic heterocycles. The largest absolute Gasteiger partial charge is 0.291 e. The second-order valence-corrected chi connectivity index (χ2v) is 3.07. The lowest BCUT2D eigenvalue weighted by molar-refractivity contribution is 1.02. The molecule has 3 nitrogen and oxygen atoms in total. The maximum atomic E-state index is 8.80. The zero-order valence-electron chi connectivity index (χ0n) is 7.81. The topological polar surface area (TPSA) is 41.6 Å². The van der Waals surface area contributed by atoms with Crippen LogP contribution in [-0.2, 0) is 0 Å². The van der Waals surface area contributed by atoms with E-state index in [1.807, 2.05) is 37.3 Å². The van der Waals surface area contributed by atoms with Gasteiger partial charge in [0.25, 0.3) is 0 Å². The fourth-order valence-electron chi connectivity index (χ4n) is 1.37. The van der Waals surface area contributed by atoms with Crippen molar-refractivity contribution in [2.45, 2.75) is 6.92 Å². The van der Waals surface area contributed by atoms with E-state index in [4.69, 9.17) is 5.26 Å². The van der Waals surface area contributed by atoms with E-state index in [2.05, 4.69) is 4.98 Å². The number of hydrogen-bond acceptors (Lipinski definition) is 2. The molecule has 0 aliphatic carbocycles. The molecule has 0 atom stereocenters. The number of nitriles is 1. The summed E-state index contributed by atoms with van der Waals surface area (Å²) >= 11 is 0. The molecule has 0 bridgehead atoms. The molecule has 2 aromatic rings. The SMILES string of the molecule is Cc1cccc(-n2ccnc2C#N)c1. The van der Waals surface area contributed by atoms with Crippen molar-refractivity contribution in [2.75, 3.05) is 0 Å². The van der Waals surface area contributed by atoms with E-state index in [0.29, 0.717) is 5.82 Å². The van der Waals surface area contributed by atoms with Gasteiger partial charge in [-0.25, -0.2) is 4.98 Å². The van der Waals surface area contributed by atoms with E-state index >= 15 is 0 Å². The van der Waals surface area contributed by atoms with Gasteiger partial charge < -0.3 is 0 Å². The zero-order valence-corrected chi connectivity index (χ0v) is 7.81. The van der Waals surface area contributed by atoms with Gasteiger partial charge >= 0.3 is 0 Å². The molecule has 3 heteroatoms. The van der Waals surface area contributed by atoms with Crippen LogP contribution in [0.3, 0.4) is 0 Å². The Morgan fingerprint density at radius 1 is 1.43 bits per heavy atom. The van der Waals surface area contributed by atoms with Gasteiger partial charge in [-0.1, -0.05) is 12.1 Å². The number of aromatic nitrogens is 2. The highest BCUT2D eigenvalue weighted by atomic mass is 15.1. The van der Waals surface area contributed by atoms with Crippen LogP contribution in [0, 0.1) is 18.3 Å². The zero-order chi connectivity index (χ0) is 9.97. The number of aryl methyl sites for hydroxylation is 1. The molecule has 0 aliphatic heterocycles. The van der Waals surface area contributed by atoms with Crippen LogP contribution < -0.4 is 0 Å². The lowest BCUT2D eigenvalue weighted by Crippen LogP contribution is -1.96. The van der Waals surface area contributed by atoms with Gasteiger partial charge in [0, 0.05) is 18.1 Å². The highest BCUT2D eigenvalue weighted by Crippen LogP contribution is 2.11. The molecule has 0 saturated carbocycles. The molecule has 0 N–H and O–H groups in total. The second-order valence-electron chi connectivity index (χ2n) is 3.07. The Morgan fingerprint density at radius 2 is 2.29 bits per heavy atom. The van der Waals surface area contributed by atoms with Gasteiger partial charge in [-0.05, 0) is 24.6 Å². The predicted octanol–water partition coefficient (Wildman–Crippen LogP) is 2.05. The normalized spacial score (nSPS) is 9.71. The summed E-state index contributed by atoms with van der Waals surface area (Å²) in [5.41, 5.74) is 2.14. The molecule has 0 radical (unpaired) electrons. The Bertz CT molecular complexity index is 491. The first-order valence-corrected chi connectivity index (χ1v) is 4.32. The average Bonchev–Trinajstić information content (AvgIpc) is 2.65. The summed E-state index contributed by atoms with van der Waals surface area (Å²) < 4.78 is 1.77. The first-order valence-electron chi connectivity index (χ1n) is 4.32. The van der Waals surface area contributed by atoms with Gasteiger partial charge in [0.15, 0.2) is 0 Å². The standard InChI is InChI=1S/C11H9N3/c1-9-3-2-4-10(7-9)14-6-5-13-11(14)8-12/h2-7H,1H3. The minimum Gasteiger partial charge on any atom is -0.291 e. The number of rotatable bonds is 1. The number of hydrogen-bond donors (Lipinski definition) is 0. The molecule has 0 unspecified atom stereocenters. The van der Waals surface area contributed by atoms with Gasteiger partial charge in [-0.3, -0.25) is 4.57 Å². The quantitative estimate of drug-likeness (QED) is 0.679. The summed E-state index contributed by atoms with van der Waals surface area (Å²) in [4.78, 5) is 3.94. The van der Waals surface area contributed by atoms with Gasteiger partial charge in [0.1, 0.15) is 6.07 Å². The van der Waals surface area contributed by atoms with E-state index in [0.717, 1.165) is 5.69 Å². The van der Waals surface area contributed by atoms with Crippen LogP contribution in [0.4, 0.5) is 0 Å². The van der Waals surface area contributed by atoms with Crippen LogP contribution in [0.25, 0.3) is 5.69 Å². The lowest BCUT2D eigenvalue weighted by atomic mass is 10.2. The van der Waals surface area contributed by atoms with Gasteiger partial charge in [0.05, 0.1) is 0 Å². The van der Waals surface area contributed by atoms with Crippen LogP contribution in [0.2, 0.25) is 0 Å². The van der Waals surface area contributed by atoms with Crippen molar-refractivity contribution < 1.29 is 0 Å². The van der Waals surface area contributed by atoms with Crippen molar-refractivity contribution in [2.24, 2.45) is 0 Å². The molecular formula is C11H9N3. The minimum atomic E-state index is 0.413. The van der Waals surface area contributed by atoms with Crippen LogP contribution in [-0.4, -0.2) is 9.55 Å². The fourth-order valence-corrected chi connectivity index (χ4v) is 1.37. The first kappa shape index (κ1) is 8.52. The molecule has 2 rings (SSSR count). The van der Waals surface area contributed by atoms with Gasteiger partial charge in [0.2, 0.25) is 5.82 Å². The number of nitrogens with zero attached hydrogens (tertiary/aromatic N) is 3. The summed E-state index contributed by atoms with van der Waals surface area (Å²) in [7, 11) is 0. The van der Waals surface area contributed by atoms with Crippen molar-refractivity contribution in [3.05, 3.63) is 48.0 Å². The predicted molar refractivity (Wildman–Crippen MR) is 53.0 cm³/mol. The molecule has 0 fully saturated rings. The van der Waals surface area contributed by atoms with Gasteiger partial charge in [-0.2, -0.15) is 5.26 Å². The molecule has 68 valence electrons. The van der Waals surface area contributed by atoms with E-state index in [9.17, 15) is 0 Å². The third-order valence-electron chi connectivity index (χ3n) is 2.02. The summed E-state index contributed by atoms with van der Waals surface area (Å²) in [5.74, 6) is 0.413. The van der Waals surface area contributed by atoms with E-state index in [-0.39, 0.29) is 0 Å². The highest BCUT2D eigenvalue weighted by molar-refractivity contribution is 5.38.